The van der Waals surface area contributed by atoms with Crippen LogP contribution in [0.3, 0.4) is 0 Å². The maximum Gasteiger partial charge on any atom is 0.412 e. The summed E-state index contributed by atoms with van der Waals surface area (Å²) in [5.74, 6) is 0.788. The molecule has 1 unspecified atom stereocenters. The molecule has 7 nitrogen and oxygen atoms in total. The molecule has 2 N–H and O–H groups in total. The summed E-state index contributed by atoms with van der Waals surface area (Å²) >= 11 is 0. The number of rotatable bonds is 5. The molecule has 31 heavy (non-hydrogen) atoms. The lowest BCUT2D eigenvalue weighted by Gasteiger charge is -2.25. The topological polar surface area (TPSA) is 79.9 Å². The van der Waals surface area contributed by atoms with Gasteiger partial charge in [0, 0.05) is 31.0 Å². The first-order valence-corrected chi connectivity index (χ1v) is 10.6. The Morgan fingerprint density at radius 3 is 2.29 bits per heavy atom. The van der Waals surface area contributed by atoms with Crippen molar-refractivity contribution < 1.29 is 19.1 Å². The first-order valence-electron chi connectivity index (χ1n) is 10.6. The van der Waals surface area contributed by atoms with Gasteiger partial charge in [-0.3, -0.25) is 5.32 Å². The van der Waals surface area contributed by atoms with Crippen molar-refractivity contribution in [2.24, 2.45) is 11.8 Å². The molecule has 2 aromatic carbocycles. The lowest BCUT2D eigenvalue weighted by Crippen LogP contribution is -2.38. The molecule has 2 amide bonds. The summed E-state index contributed by atoms with van der Waals surface area (Å²) in [6.07, 6.45) is -0.841. The molecule has 164 valence electrons. The van der Waals surface area contributed by atoms with E-state index >= 15 is 0 Å². The highest BCUT2D eigenvalue weighted by molar-refractivity contribution is 5.89. The second-order valence-electron chi connectivity index (χ2n) is 9.11. The number of carbonyl (C=O) groups is 2. The van der Waals surface area contributed by atoms with Crippen molar-refractivity contribution >= 4 is 23.6 Å². The fraction of sp³-hybridized carbons (Fsp3) is 0.417. The number of anilines is 2. The largest absolute Gasteiger partial charge is 0.444 e. The maximum absolute atomic E-state index is 12.3. The Hall–Kier alpha value is -3.22. The predicted octanol–water partition coefficient (Wildman–Crippen LogP) is 4.39. The SMILES string of the molecule is CC(C)(C)OC(=O)N[C@@H]1C2CN(c3ccccc3NC(=O)OCc3ccccc3)C[C@@H]21. The van der Waals surface area contributed by atoms with Crippen LogP contribution >= 0.6 is 0 Å². The van der Waals surface area contributed by atoms with E-state index < -0.39 is 11.7 Å². The lowest BCUT2D eigenvalue weighted by atomic mass is 10.2. The molecule has 2 fully saturated rings. The van der Waals surface area contributed by atoms with Gasteiger partial charge in [-0.25, -0.2) is 9.59 Å². The molecule has 1 aliphatic heterocycles. The zero-order valence-electron chi connectivity index (χ0n) is 18.1. The number of hydrogen-bond donors (Lipinski definition) is 2. The zero-order valence-corrected chi connectivity index (χ0v) is 18.1. The number of nitrogens with one attached hydrogen (secondary N) is 2. The molecule has 4 rings (SSSR count). The summed E-state index contributed by atoms with van der Waals surface area (Å²) in [5, 5.41) is 5.85. The van der Waals surface area contributed by atoms with Crippen molar-refractivity contribution in [3.05, 3.63) is 60.2 Å². The average molecular weight is 424 g/mol. The van der Waals surface area contributed by atoms with Gasteiger partial charge < -0.3 is 19.7 Å². The number of ether oxygens (including phenoxy) is 2. The average Bonchev–Trinajstić information content (AvgIpc) is 3.15. The second kappa shape index (κ2) is 8.49. The molecule has 1 saturated carbocycles. The van der Waals surface area contributed by atoms with Gasteiger partial charge in [0.25, 0.3) is 0 Å². The van der Waals surface area contributed by atoms with Gasteiger partial charge in [-0.2, -0.15) is 0 Å². The molecule has 1 saturated heterocycles. The van der Waals surface area contributed by atoms with Gasteiger partial charge in [-0.1, -0.05) is 42.5 Å². The predicted molar refractivity (Wildman–Crippen MR) is 119 cm³/mol. The number of alkyl carbamates (subject to hydrolysis) is 1. The van der Waals surface area contributed by atoms with E-state index in [1.807, 2.05) is 75.4 Å². The molecule has 0 aromatic heterocycles. The monoisotopic (exact) mass is 423 g/mol. The summed E-state index contributed by atoms with van der Waals surface area (Å²) in [6, 6.07) is 17.4. The van der Waals surface area contributed by atoms with Crippen LogP contribution in [-0.2, 0) is 16.1 Å². The fourth-order valence-corrected chi connectivity index (χ4v) is 4.11. The fourth-order valence-electron chi connectivity index (χ4n) is 4.11. The van der Waals surface area contributed by atoms with E-state index in [2.05, 4.69) is 15.5 Å². The molecule has 0 bridgehead atoms. The van der Waals surface area contributed by atoms with Crippen LogP contribution < -0.4 is 15.5 Å². The van der Waals surface area contributed by atoms with Crippen LogP contribution in [-0.4, -0.2) is 36.9 Å². The highest BCUT2D eigenvalue weighted by Crippen LogP contribution is 2.48. The van der Waals surface area contributed by atoms with Gasteiger partial charge in [0.05, 0.1) is 11.4 Å². The summed E-state index contributed by atoms with van der Waals surface area (Å²) in [5.41, 5.74) is 2.12. The van der Waals surface area contributed by atoms with Gasteiger partial charge in [0.2, 0.25) is 0 Å². The zero-order chi connectivity index (χ0) is 22.0. The first kappa shape index (κ1) is 21.0. The number of benzene rings is 2. The minimum absolute atomic E-state index is 0.155. The Balaban J connectivity index is 1.30. The summed E-state index contributed by atoms with van der Waals surface area (Å²) in [6.45, 7) is 7.44. The quantitative estimate of drug-likeness (QED) is 0.745. The van der Waals surface area contributed by atoms with Crippen molar-refractivity contribution in [3.63, 3.8) is 0 Å². The second-order valence-corrected chi connectivity index (χ2v) is 9.11. The van der Waals surface area contributed by atoms with Crippen LogP contribution in [0.5, 0.6) is 0 Å². The van der Waals surface area contributed by atoms with Gasteiger partial charge in [-0.15, -0.1) is 0 Å². The third kappa shape index (κ3) is 5.29. The molecular weight excluding hydrogens is 394 g/mol. The smallest absolute Gasteiger partial charge is 0.412 e. The number of nitrogens with zero attached hydrogens (tertiary/aromatic N) is 1. The Kier molecular flexibility index (Phi) is 5.76. The molecule has 1 heterocycles. The number of piperidine rings is 1. The molecule has 0 radical (unpaired) electrons. The highest BCUT2D eigenvalue weighted by Gasteiger charge is 2.57. The van der Waals surface area contributed by atoms with E-state index in [1.165, 1.54) is 0 Å². The Labute approximate surface area is 182 Å². The lowest BCUT2D eigenvalue weighted by molar-refractivity contribution is 0.0518. The molecule has 0 spiro atoms. The van der Waals surface area contributed by atoms with Crippen LogP contribution in [0, 0.1) is 11.8 Å². The summed E-state index contributed by atoms with van der Waals surface area (Å²) in [7, 11) is 0. The summed E-state index contributed by atoms with van der Waals surface area (Å²) in [4.78, 5) is 26.6. The van der Waals surface area contributed by atoms with Crippen molar-refractivity contribution in [1.29, 1.82) is 0 Å². The summed E-state index contributed by atoms with van der Waals surface area (Å²) < 4.78 is 10.7. The molecule has 2 aromatic rings. The van der Waals surface area contributed by atoms with Crippen molar-refractivity contribution in [2.45, 2.75) is 39.0 Å². The maximum atomic E-state index is 12.3. The third-order valence-corrected chi connectivity index (χ3v) is 5.57. The van der Waals surface area contributed by atoms with Gasteiger partial charge in [-0.05, 0) is 38.5 Å². The molecular formula is C24H29N3O4. The standard InChI is InChI=1S/C24H29N3O4/c1-24(2,3)31-23(29)26-21-17-13-27(14-18(17)21)20-12-8-7-11-19(20)25-22(28)30-15-16-9-5-4-6-10-16/h4-12,17-18,21H,13-15H2,1-3H3,(H,25,28)(H,26,29)/t17-,18?,21-/m0/s1. The van der Waals surface area contributed by atoms with Crippen LogP contribution in [0.15, 0.2) is 54.6 Å². The van der Waals surface area contributed by atoms with E-state index in [-0.39, 0.29) is 18.7 Å². The van der Waals surface area contributed by atoms with E-state index in [4.69, 9.17) is 9.47 Å². The third-order valence-electron chi connectivity index (χ3n) is 5.57. The molecule has 1 aliphatic carbocycles. The number of hydrogen-bond acceptors (Lipinski definition) is 5. The Morgan fingerprint density at radius 1 is 0.968 bits per heavy atom. The van der Waals surface area contributed by atoms with Crippen molar-refractivity contribution in [3.8, 4) is 0 Å². The first-order chi connectivity index (χ1) is 14.8. The van der Waals surface area contributed by atoms with Crippen LogP contribution in [0.2, 0.25) is 0 Å². The highest BCUT2D eigenvalue weighted by atomic mass is 16.6. The normalized spacial score (nSPS) is 21.8. The van der Waals surface area contributed by atoms with E-state index in [1.54, 1.807) is 0 Å². The van der Waals surface area contributed by atoms with Crippen molar-refractivity contribution in [2.75, 3.05) is 23.3 Å². The molecule has 3 atom stereocenters. The number of amides is 2. The number of para-hydroxylation sites is 2. The van der Waals surface area contributed by atoms with Crippen LogP contribution in [0.4, 0.5) is 21.0 Å². The minimum Gasteiger partial charge on any atom is -0.444 e. The van der Waals surface area contributed by atoms with E-state index in [0.717, 1.165) is 30.0 Å². The van der Waals surface area contributed by atoms with Gasteiger partial charge >= 0.3 is 12.2 Å². The van der Waals surface area contributed by atoms with Crippen LogP contribution in [0.1, 0.15) is 26.3 Å². The van der Waals surface area contributed by atoms with Gasteiger partial charge in [0.1, 0.15) is 12.2 Å². The number of carbonyl (C=O) groups excluding carboxylic acids is 2. The molecule has 2 aliphatic rings. The number of fused-ring (bicyclic) bond motifs is 1. The van der Waals surface area contributed by atoms with Crippen LogP contribution in [0.25, 0.3) is 0 Å². The molecule has 7 heteroatoms. The minimum atomic E-state index is -0.500. The Bertz CT molecular complexity index is 929. The van der Waals surface area contributed by atoms with E-state index in [9.17, 15) is 9.59 Å². The Morgan fingerprint density at radius 2 is 1.61 bits per heavy atom. The van der Waals surface area contributed by atoms with Crippen molar-refractivity contribution in [1.82, 2.24) is 5.32 Å². The van der Waals surface area contributed by atoms with Gasteiger partial charge in [0.15, 0.2) is 0 Å². The van der Waals surface area contributed by atoms with E-state index in [0.29, 0.717) is 11.8 Å².